The number of alkyl halides is 2. The molecule has 0 N–H and O–H groups in total. The van der Waals surface area contributed by atoms with Crippen LogP contribution in [0.3, 0.4) is 0 Å². The van der Waals surface area contributed by atoms with Gasteiger partial charge >= 0.3 is 0 Å². The second-order valence-electron chi connectivity index (χ2n) is 5.64. The summed E-state index contributed by atoms with van der Waals surface area (Å²) in [6, 6.07) is 0. The Kier molecular flexibility index (Phi) is 3.32. The fraction of sp³-hybridized carbons (Fsp3) is 1.00. The number of halogens is 2. The van der Waals surface area contributed by atoms with Crippen molar-refractivity contribution in [1.29, 1.82) is 0 Å². The van der Waals surface area contributed by atoms with Crippen molar-refractivity contribution in [3.05, 3.63) is 0 Å². The van der Waals surface area contributed by atoms with Crippen LogP contribution in [0.2, 0.25) is 0 Å². The van der Waals surface area contributed by atoms with E-state index in [0.29, 0.717) is 5.92 Å². The van der Waals surface area contributed by atoms with Crippen LogP contribution < -0.4 is 0 Å². The van der Waals surface area contributed by atoms with Gasteiger partial charge in [0, 0.05) is 12.8 Å². The lowest BCUT2D eigenvalue weighted by Gasteiger charge is -2.40. The van der Waals surface area contributed by atoms with Crippen LogP contribution in [0.4, 0.5) is 8.78 Å². The van der Waals surface area contributed by atoms with Gasteiger partial charge in [-0.3, -0.25) is 0 Å². The Morgan fingerprint density at radius 2 is 1.67 bits per heavy atom. The Morgan fingerprint density at radius 3 is 2.27 bits per heavy atom. The van der Waals surface area contributed by atoms with Crippen LogP contribution in [0.5, 0.6) is 0 Å². The maximum atomic E-state index is 13.2. The van der Waals surface area contributed by atoms with E-state index in [1.54, 1.807) is 0 Å². The van der Waals surface area contributed by atoms with Crippen molar-refractivity contribution in [1.82, 2.24) is 0 Å². The van der Waals surface area contributed by atoms with Gasteiger partial charge in [0.15, 0.2) is 0 Å². The SMILES string of the molecule is CC1CC(F)(F)CCC1C1CCCCC1. The first-order chi connectivity index (χ1) is 7.08. The molecule has 0 bridgehead atoms. The van der Waals surface area contributed by atoms with Crippen molar-refractivity contribution >= 4 is 0 Å². The molecule has 2 heteroatoms. The molecule has 2 aliphatic carbocycles. The maximum Gasteiger partial charge on any atom is 0.248 e. The van der Waals surface area contributed by atoms with Crippen molar-refractivity contribution in [2.75, 3.05) is 0 Å². The highest BCUT2D eigenvalue weighted by atomic mass is 19.3. The zero-order valence-corrected chi connectivity index (χ0v) is 9.64. The van der Waals surface area contributed by atoms with Gasteiger partial charge in [-0.05, 0) is 24.2 Å². The Bertz CT molecular complexity index is 207. The molecule has 0 amide bonds. The van der Waals surface area contributed by atoms with E-state index in [2.05, 4.69) is 0 Å². The lowest BCUT2D eigenvalue weighted by molar-refractivity contribution is -0.0767. The topological polar surface area (TPSA) is 0 Å². The van der Waals surface area contributed by atoms with Gasteiger partial charge in [-0.2, -0.15) is 0 Å². The zero-order valence-electron chi connectivity index (χ0n) is 9.64. The fourth-order valence-corrected chi connectivity index (χ4v) is 3.65. The average Bonchev–Trinajstić information content (AvgIpc) is 2.17. The number of hydrogen-bond donors (Lipinski definition) is 0. The van der Waals surface area contributed by atoms with E-state index in [4.69, 9.17) is 0 Å². The van der Waals surface area contributed by atoms with Crippen LogP contribution in [0.1, 0.15) is 58.3 Å². The molecule has 0 aromatic carbocycles. The molecule has 2 atom stereocenters. The third kappa shape index (κ3) is 2.70. The van der Waals surface area contributed by atoms with Crippen molar-refractivity contribution < 1.29 is 8.78 Å². The summed E-state index contributed by atoms with van der Waals surface area (Å²) in [7, 11) is 0. The van der Waals surface area contributed by atoms with Gasteiger partial charge in [0.25, 0.3) is 0 Å². The molecule has 15 heavy (non-hydrogen) atoms. The van der Waals surface area contributed by atoms with E-state index in [9.17, 15) is 8.78 Å². The predicted octanol–water partition coefficient (Wildman–Crippen LogP) is 4.64. The molecular formula is C13H22F2. The fourth-order valence-electron chi connectivity index (χ4n) is 3.65. The molecule has 0 nitrogen and oxygen atoms in total. The van der Waals surface area contributed by atoms with Gasteiger partial charge in [0.05, 0.1) is 0 Å². The summed E-state index contributed by atoms with van der Waals surface area (Å²) >= 11 is 0. The quantitative estimate of drug-likeness (QED) is 0.599. The third-order valence-corrected chi connectivity index (χ3v) is 4.45. The van der Waals surface area contributed by atoms with Crippen molar-refractivity contribution in [2.45, 2.75) is 64.2 Å². The van der Waals surface area contributed by atoms with Crippen LogP contribution in [-0.4, -0.2) is 5.92 Å². The van der Waals surface area contributed by atoms with Crippen LogP contribution in [-0.2, 0) is 0 Å². The molecule has 2 fully saturated rings. The third-order valence-electron chi connectivity index (χ3n) is 4.45. The van der Waals surface area contributed by atoms with Gasteiger partial charge in [-0.1, -0.05) is 39.0 Å². The Hall–Kier alpha value is -0.140. The molecule has 0 radical (unpaired) electrons. The second-order valence-corrected chi connectivity index (χ2v) is 5.64. The Balaban J connectivity index is 1.92. The van der Waals surface area contributed by atoms with Gasteiger partial charge < -0.3 is 0 Å². The first-order valence-electron chi connectivity index (χ1n) is 6.46. The van der Waals surface area contributed by atoms with E-state index < -0.39 is 5.92 Å². The van der Waals surface area contributed by atoms with Crippen LogP contribution >= 0.6 is 0 Å². The summed E-state index contributed by atoms with van der Waals surface area (Å²) in [6.07, 6.45) is 7.62. The molecule has 0 heterocycles. The molecule has 0 aromatic rings. The van der Waals surface area contributed by atoms with Crippen LogP contribution in [0, 0.1) is 17.8 Å². The van der Waals surface area contributed by atoms with E-state index >= 15 is 0 Å². The predicted molar refractivity (Wildman–Crippen MR) is 58.0 cm³/mol. The van der Waals surface area contributed by atoms with Gasteiger partial charge in [0.1, 0.15) is 0 Å². The normalized spacial score (nSPS) is 37.8. The zero-order chi connectivity index (χ0) is 10.9. The maximum absolute atomic E-state index is 13.2. The lowest BCUT2D eigenvalue weighted by Crippen LogP contribution is -2.35. The first kappa shape index (κ1) is 11.3. The summed E-state index contributed by atoms with van der Waals surface area (Å²) in [4.78, 5) is 0. The van der Waals surface area contributed by atoms with E-state index in [1.807, 2.05) is 6.92 Å². The Morgan fingerprint density at radius 1 is 1.00 bits per heavy atom. The molecule has 0 spiro atoms. The highest BCUT2D eigenvalue weighted by Gasteiger charge is 2.41. The van der Waals surface area contributed by atoms with E-state index in [-0.39, 0.29) is 18.8 Å². The summed E-state index contributed by atoms with van der Waals surface area (Å²) in [6.45, 7) is 2.03. The molecule has 0 aromatic heterocycles. The van der Waals surface area contributed by atoms with Gasteiger partial charge in [0.2, 0.25) is 5.92 Å². The first-order valence-corrected chi connectivity index (χ1v) is 6.46. The molecule has 2 unspecified atom stereocenters. The summed E-state index contributed by atoms with van der Waals surface area (Å²) in [5, 5.41) is 0. The summed E-state index contributed by atoms with van der Waals surface area (Å²) < 4.78 is 26.4. The highest BCUT2D eigenvalue weighted by Crippen LogP contribution is 2.46. The van der Waals surface area contributed by atoms with Crippen LogP contribution in [0.25, 0.3) is 0 Å². The molecule has 2 aliphatic rings. The minimum Gasteiger partial charge on any atom is -0.207 e. The van der Waals surface area contributed by atoms with Crippen molar-refractivity contribution in [3.63, 3.8) is 0 Å². The molecule has 0 saturated heterocycles. The number of hydrogen-bond acceptors (Lipinski definition) is 0. The van der Waals surface area contributed by atoms with E-state index in [0.717, 1.165) is 12.3 Å². The lowest BCUT2D eigenvalue weighted by atomic mass is 9.68. The molecule has 88 valence electrons. The average molecular weight is 216 g/mol. The minimum absolute atomic E-state index is 0.133. The van der Waals surface area contributed by atoms with E-state index in [1.165, 1.54) is 32.1 Å². The summed E-state index contributed by atoms with van der Waals surface area (Å²) in [5.41, 5.74) is 0. The minimum atomic E-state index is -2.37. The number of rotatable bonds is 1. The molecular weight excluding hydrogens is 194 g/mol. The highest BCUT2D eigenvalue weighted by molar-refractivity contribution is 4.86. The van der Waals surface area contributed by atoms with Crippen molar-refractivity contribution in [2.24, 2.45) is 17.8 Å². The van der Waals surface area contributed by atoms with Crippen LogP contribution in [0.15, 0.2) is 0 Å². The summed E-state index contributed by atoms with van der Waals surface area (Å²) in [5.74, 6) is -0.795. The van der Waals surface area contributed by atoms with Gasteiger partial charge in [-0.25, -0.2) is 8.78 Å². The Labute approximate surface area is 91.4 Å². The molecule has 0 aliphatic heterocycles. The second kappa shape index (κ2) is 4.39. The standard InChI is InChI=1S/C13H22F2/c1-10-9-13(14,15)8-7-12(10)11-5-3-2-4-6-11/h10-12H,2-9H2,1H3. The monoisotopic (exact) mass is 216 g/mol. The smallest absolute Gasteiger partial charge is 0.207 e. The van der Waals surface area contributed by atoms with Gasteiger partial charge in [-0.15, -0.1) is 0 Å². The molecule has 2 rings (SSSR count). The van der Waals surface area contributed by atoms with Crippen molar-refractivity contribution in [3.8, 4) is 0 Å². The molecule has 2 saturated carbocycles. The largest absolute Gasteiger partial charge is 0.248 e.